The van der Waals surface area contributed by atoms with Gasteiger partial charge >= 0.3 is 0 Å². The van der Waals surface area contributed by atoms with Gasteiger partial charge < -0.3 is 5.32 Å². The summed E-state index contributed by atoms with van der Waals surface area (Å²) in [6, 6.07) is 0.393. The molecule has 0 aromatic heterocycles. The van der Waals surface area contributed by atoms with Crippen molar-refractivity contribution in [1.82, 2.24) is 10.7 Å². The molecule has 0 amide bonds. The molecule has 0 aliphatic carbocycles. The van der Waals surface area contributed by atoms with Crippen LogP contribution in [0.3, 0.4) is 0 Å². The number of thioether (sulfide) groups is 1. The number of rotatable bonds is 4. The summed E-state index contributed by atoms with van der Waals surface area (Å²) < 4.78 is 0. The van der Waals surface area contributed by atoms with E-state index in [1.54, 1.807) is 7.05 Å². The van der Waals surface area contributed by atoms with Crippen molar-refractivity contribution < 1.29 is 0 Å². The predicted octanol–water partition coefficient (Wildman–Crippen LogP) is 0.167. The molecule has 1 unspecified atom stereocenters. The number of guanidine groups is 1. The van der Waals surface area contributed by atoms with Crippen LogP contribution in [0.15, 0.2) is 4.99 Å². The lowest BCUT2D eigenvalue weighted by Gasteiger charge is -2.14. The van der Waals surface area contributed by atoms with Crippen molar-refractivity contribution in [2.24, 2.45) is 10.8 Å². The molecule has 0 radical (unpaired) electrons. The first kappa shape index (κ1) is 11.6. The Labute approximate surface area is 78.4 Å². The van der Waals surface area contributed by atoms with Crippen molar-refractivity contribution in [3.8, 4) is 0 Å². The molecule has 0 saturated heterocycles. The van der Waals surface area contributed by atoms with Crippen molar-refractivity contribution in [2.45, 2.75) is 19.9 Å². The minimum Gasteiger partial charge on any atom is -0.352 e. The highest BCUT2D eigenvalue weighted by molar-refractivity contribution is 7.99. The summed E-state index contributed by atoms with van der Waals surface area (Å²) in [6.45, 7) is 4.25. The van der Waals surface area contributed by atoms with Crippen LogP contribution in [0.4, 0.5) is 0 Å². The Hall–Kier alpha value is -0.420. The Morgan fingerprint density at radius 1 is 1.67 bits per heavy atom. The number of aliphatic imine (C=N–C) groups is 1. The molecule has 5 heteroatoms. The fourth-order valence-corrected chi connectivity index (χ4v) is 1.41. The second-order valence-electron chi connectivity index (χ2n) is 2.42. The van der Waals surface area contributed by atoms with Crippen LogP contribution in [0.25, 0.3) is 0 Å². The monoisotopic (exact) mass is 190 g/mol. The van der Waals surface area contributed by atoms with Gasteiger partial charge in [0.15, 0.2) is 0 Å². The third-order valence-electron chi connectivity index (χ3n) is 1.32. The van der Waals surface area contributed by atoms with Crippen LogP contribution in [0.1, 0.15) is 13.8 Å². The van der Waals surface area contributed by atoms with E-state index in [2.05, 4.69) is 29.6 Å². The highest BCUT2D eigenvalue weighted by Crippen LogP contribution is 2.00. The maximum Gasteiger partial charge on any atom is 0.205 e. The third kappa shape index (κ3) is 5.26. The molecule has 0 saturated carbocycles. The molecular weight excluding hydrogens is 172 g/mol. The molecule has 0 aliphatic rings. The summed E-state index contributed by atoms with van der Waals surface area (Å²) in [5, 5.41) is 3.14. The molecule has 12 heavy (non-hydrogen) atoms. The third-order valence-corrected chi connectivity index (χ3v) is 2.46. The summed E-state index contributed by atoms with van der Waals surface area (Å²) >= 11 is 1.89. The molecular formula is C7H18N4S. The Bertz CT molecular complexity index is 137. The molecule has 72 valence electrons. The van der Waals surface area contributed by atoms with Gasteiger partial charge in [-0.15, -0.1) is 0 Å². The average molecular weight is 190 g/mol. The highest BCUT2D eigenvalue weighted by atomic mass is 32.2. The lowest BCUT2D eigenvalue weighted by Crippen LogP contribution is -2.46. The highest BCUT2D eigenvalue weighted by Gasteiger charge is 2.02. The molecule has 1 atom stereocenters. The van der Waals surface area contributed by atoms with E-state index in [4.69, 9.17) is 5.84 Å². The second-order valence-corrected chi connectivity index (χ2v) is 3.74. The van der Waals surface area contributed by atoms with Crippen LogP contribution in [0.5, 0.6) is 0 Å². The molecule has 0 aromatic rings. The van der Waals surface area contributed by atoms with Gasteiger partial charge in [-0.2, -0.15) is 11.8 Å². The van der Waals surface area contributed by atoms with Crippen LogP contribution in [0, 0.1) is 0 Å². The summed E-state index contributed by atoms with van der Waals surface area (Å²) in [4.78, 5) is 3.91. The summed E-state index contributed by atoms with van der Waals surface area (Å²) in [5.41, 5.74) is 2.49. The first-order valence-electron chi connectivity index (χ1n) is 4.02. The van der Waals surface area contributed by atoms with Gasteiger partial charge in [-0.25, -0.2) is 5.84 Å². The van der Waals surface area contributed by atoms with E-state index in [1.807, 2.05) is 11.8 Å². The van der Waals surface area contributed by atoms with Gasteiger partial charge in [-0.1, -0.05) is 6.92 Å². The smallest absolute Gasteiger partial charge is 0.205 e. The van der Waals surface area contributed by atoms with Gasteiger partial charge in [0.05, 0.1) is 0 Å². The largest absolute Gasteiger partial charge is 0.352 e. The van der Waals surface area contributed by atoms with Gasteiger partial charge in [-0.05, 0) is 12.7 Å². The van der Waals surface area contributed by atoms with Gasteiger partial charge in [0.1, 0.15) is 0 Å². The number of hydrogen-bond acceptors (Lipinski definition) is 3. The molecule has 0 fully saturated rings. The van der Waals surface area contributed by atoms with Crippen molar-refractivity contribution >= 4 is 17.7 Å². The van der Waals surface area contributed by atoms with E-state index in [0.29, 0.717) is 12.0 Å². The summed E-state index contributed by atoms with van der Waals surface area (Å²) in [7, 11) is 1.70. The molecule has 0 aliphatic heterocycles. The number of hydrogen-bond donors (Lipinski definition) is 3. The van der Waals surface area contributed by atoms with Gasteiger partial charge in [0, 0.05) is 18.8 Å². The predicted molar refractivity (Wildman–Crippen MR) is 56.3 cm³/mol. The van der Waals surface area contributed by atoms with Crippen LogP contribution in [-0.4, -0.2) is 30.6 Å². The SMILES string of the molecule is CCSCC(C)NC(=NC)NN. The molecule has 0 bridgehead atoms. The second kappa shape index (κ2) is 7.24. The average Bonchev–Trinajstić information content (AvgIpc) is 2.10. The fraction of sp³-hybridized carbons (Fsp3) is 0.857. The van der Waals surface area contributed by atoms with Crippen molar-refractivity contribution in [3.63, 3.8) is 0 Å². The van der Waals surface area contributed by atoms with E-state index in [0.717, 1.165) is 11.5 Å². The molecule has 0 heterocycles. The first-order valence-corrected chi connectivity index (χ1v) is 5.17. The molecule has 4 N–H and O–H groups in total. The minimum atomic E-state index is 0.393. The Morgan fingerprint density at radius 3 is 2.75 bits per heavy atom. The normalized spacial score (nSPS) is 14.2. The zero-order valence-corrected chi connectivity index (χ0v) is 8.74. The number of hydrazine groups is 1. The van der Waals surface area contributed by atoms with Crippen LogP contribution in [0.2, 0.25) is 0 Å². The fourth-order valence-electron chi connectivity index (χ4n) is 0.740. The van der Waals surface area contributed by atoms with E-state index in [9.17, 15) is 0 Å². The molecule has 0 aromatic carbocycles. The molecule has 0 rings (SSSR count). The number of nitrogens with zero attached hydrogens (tertiary/aromatic N) is 1. The quantitative estimate of drug-likeness (QED) is 0.256. The number of nitrogens with one attached hydrogen (secondary N) is 2. The summed E-state index contributed by atoms with van der Waals surface area (Å²) in [6.07, 6.45) is 0. The van der Waals surface area contributed by atoms with Crippen molar-refractivity contribution in [2.75, 3.05) is 18.6 Å². The van der Waals surface area contributed by atoms with Crippen molar-refractivity contribution in [1.29, 1.82) is 0 Å². The standard InChI is InChI=1S/C7H18N4S/c1-4-12-5-6(2)10-7(9-3)11-8/h6H,4-5,8H2,1-3H3,(H2,9,10,11). The Kier molecular flexibility index (Phi) is 6.99. The van der Waals surface area contributed by atoms with E-state index in [1.165, 1.54) is 0 Å². The molecule has 4 nitrogen and oxygen atoms in total. The van der Waals surface area contributed by atoms with E-state index in [-0.39, 0.29) is 0 Å². The van der Waals surface area contributed by atoms with Crippen LogP contribution in [-0.2, 0) is 0 Å². The topological polar surface area (TPSA) is 62.4 Å². The zero-order chi connectivity index (χ0) is 9.40. The van der Waals surface area contributed by atoms with Crippen LogP contribution < -0.4 is 16.6 Å². The Morgan fingerprint density at radius 2 is 2.33 bits per heavy atom. The lowest BCUT2D eigenvalue weighted by molar-refractivity contribution is 0.716. The molecule has 0 spiro atoms. The maximum absolute atomic E-state index is 5.21. The lowest BCUT2D eigenvalue weighted by atomic mass is 10.4. The van der Waals surface area contributed by atoms with Gasteiger partial charge in [0.2, 0.25) is 5.96 Å². The maximum atomic E-state index is 5.21. The van der Waals surface area contributed by atoms with Crippen molar-refractivity contribution in [3.05, 3.63) is 0 Å². The summed E-state index contributed by atoms with van der Waals surface area (Å²) in [5.74, 6) is 8.05. The van der Waals surface area contributed by atoms with E-state index >= 15 is 0 Å². The number of nitrogens with two attached hydrogens (primary N) is 1. The van der Waals surface area contributed by atoms with Gasteiger partial charge in [0.25, 0.3) is 0 Å². The minimum absolute atomic E-state index is 0.393. The van der Waals surface area contributed by atoms with E-state index < -0.39 is 0 Å². The zero-order valence-electron chi connectivity index (χ0n) is 7.92. The van der Waals surface area contributed by atoms with Crippen LogP contribution >= 0.6 is 11.8 Å². The Balaban J connectivity index is 3.59. The first-order chi connectivity index (χ1) is 5.74. The van der Waals surface area contributed by atoms with Gasteiger partial charge in [-0.3, -0.25) is 10.4 Å².